The molecule has 2 aromatic heterocycles. The third-order valence-corrected chi connectivity index (χ3v) is 3.92. The second-order valence-corrected chi connectivity index (χ2v) is 5.65. The number of thiophene rings is 1. The first-order chi connectivity index (χ1) is 6.68. The Kier molecular flexibility index (Phi) is 2.66. The van der Waals surface area contributed by atoms with E-state index in [-0.39, 0.29) is 4.88 Å². The van der Waals surface area contributed by atoms with Crippen LogP contribution in [0.25, 0.3) is 10.6 Å². The van der Waals surface area contributed by atoms with Gasteiger partial charge < -0.3 is 5.11 Å². The van der Waals surface area contributed by atoms with Crippen LogP contribution in [0.2, 0.25) is 0 Å². The van der Waals surface area contributed by atoms with Gasteiger partial charge in [-0.05, 0) is 27.4 Å². The zero-order valence-electron chi connectivity index (χ0n) is 6.73. The number of thiazole rings is 1. The molecule has 72 valence electrons. The number of carboxylic acids is 1. The summed E-state index contributed by atoms with van der Waals surface area (Å²) >= 11 is 5.80. The van der Waals surface area contributed by atoms with Crippen molar-refractivity contribution in [1.82, 2.24) is 4.98 Å². The van der Waals surface area contributed by atoms with E-state index in [1.54, 1.807) is 0 Å². The molecule has 0 unspecified atom stereocenters. The Morgan fingerprint density at radius 3 is 2.93 bits per heavy atom. The zero-order valence-corrected chi connectivity index (χ0v) is 9.95. The standard InChI is InChI=1S/C8H4BrNO2S2/c9-8-10-5(4-2-1-3-13-4)6(14-8)7(11)12/h1-3H,(H,11,12). The Labute approximate surface area is 96.2 Å². The van der Waals surface area contributed by atoms with Crippen molar-refractivity contribution in [2.45, 2.75) is 0 Å². The van der Waals surface area contributed by atoms with Crippen molar-refractivity contribution in [3.05, 3.63) is 26.3 Å². The first-order valence-corrected chi connectivity index (χ1v) is 6.11. The van der Waals surface area contributed by atoms with Crippen molar-refractivity contribution in [3.63, 3.8) is 0 Å². The van der Waals surface area contributed by atoms with E-state index in [1.165, 1.54) is 11.3 Å². The van der Waals surface area contributed by atoms with E-state index in [0.717, 1.165) is 16.2 Å². The number of hydrogen-bond acceptors (Lipinski definition) is 4. The van der Waals surface area contributed by atoms with Gasteiger partial charge in [-0.15, -0.1) is 11.3 Å². The van der Waals surface area contributed by atoms with Crippen LogP contribution in [0.15, 0.2) is 21.4 Å². The smallest absolute Gasteiger partial charge is 0.348 e. The van der Waals surface area contributed by atoms with Crippen molar-refractivity contribution in [2.24, 2.45) is 0 Å². The molecule has 2 aromatic rings. The first kappa shape index (κ1) is 9.82. The normalized spacial score (nSPS) is 10.4. The predicted molar refractivity (Wildman–Crippen MR) is 60.1 cm³/mol. The van der Waals surface area contributed by atoms with Crippen molar-refractivity contribution in [1.29, 1.82) is 0 Å². The first-order valence-electron chi connectivity index (χ1n) is 3.62. The average molecular weight is 290 g/mol. The number of aromatic carboxylic acids is 1. The summed E-state index contributed by atoms with van der Waals surface area (Å²) in [5, 5.41) is 10.8. The minimum absolute atomic E-state index is 0.277. The molecule has 0 radical (unpaired) electrons. The summed E-state index contributed by atoms with van der Waals surface area (Å²) in [5.74, 6) is -0.934. The summed E-state index contributed by atoms with van der Waals surface area (Å²) in [5.41, 5.74) is 0.546. The van der Waals surface area contributed by atoms with E-state index in [4.69, 9.17) is 5.11 Å². The molecule has 2 rings (SSSR count). The lowest BCUT2D eigenvalue weighted by atomic mass is 10.3. The van der Waals surface area contributed by atoms with Gasteiger partial charge in [0.2, 0.25) is 0 Å². The average Bonchev–Trinajstić information content (AvgIpc) is 2.70. The molecular formula is C8H4BrNO2S2. The van der Waals surface area contributed by atoms with E-state index >= 15 is 0 Å². The Balaban J connectivity index is 2.58. The van der Waals surface area contributed by atoms with Gasteiger partial charge in [0.1, 0.15) is 10.6 Å². The summed E-state index contributed by atoms with van der Waals surface area (Å²) in [6.07, 6.45) is 0. The number of rotatable bonds is 2. The Bertz CT molecular complexity index is 464. The SMILES string of the molecule is O=C(O)c1sc(Br)nc1-c1cccs1. The topological polar surface area (TPSA) is 50.2 Å². The molecule has 6 heteroatoms. The highest BCUT2D eigenvalue weighted by atomic mass is 79.9. The maximum Gasteiger partial charge on any atom is 0.348 e. The molecule has 0 saturated heterocycles. The van der Waals surface area contributed by atoms with E-state index in [2.05, 4.69) is 20.9 Å². The van der Waals surface area contributed by atoms with Gasteiger partial charge >= 0.3 is 5.97 Å². The molecule has 0 aliphatic heterocycles. The van der Waals surface area contributed by atoms with Crippen LogP contribution in [0.3, 0.4) is 0 Å². The molecule has 0 aromatic carbocycles. The number of aromatic nitrogens is 1. The number of halogens is 1. The van der Waals surface area contributed by atoms with Gasteiger partial charge in [0.15, 0.2) is 3.92 Å². The van der Waals surface area contributed by atoms with Crippen LogP contribution in [0.5, 0.6) is 0 Å². The number of hydrogen-bond donors (Lipinski definition) is 1. The summed E-state index contributed by atoms with van der Waals surface area (Å²) < 4.78 is 0.596. The van der Waals surface area contributed by atoms with Crippen LogP contribution in [0.1, 0.15) is 9.67 Å². The second kappa shape index (κ2) is 3.80. The maximum atomic E-state index is 10.9. The van der Waals surface area contributed by atoms with Gasteiger partial charge in [0.25, 0.3) is 0 Å². The third kappa shape index (κ3) is 1.73. The van der Waals surface area contributed by atoms with Gasteiger partial charge in [-0.1, -0.05) is 17.4 Å². The lowest BCUT2D eigenvalue weighted by molar-refractivity contribution is 0.0703. The van der Waals surface area contributed by atoms with Crippen LogP contribution >= 0.6 is 38.6 Å². The third-order valence-electron chi connectivity index (χ3n) is 1.55. The zero-order chi connectivity index (χ0) is 10.1. The van der Waals surface area contributed by atoms with Crippen molar-refractivity contribution in [2.75, 3.05) is 0 Å². The lowest BCUT2D eigenvalue weighted by Gasteiger charge is -1.92. The molecule has 3 nitrogen and oxygen atoms in total. The number of carbonyl (C=O) groups is 1. The van der Waals surface area contributed by atoms with Gasteiger partial charge in [-0.2, -0.15) is 0 Å². The Morgan fingerprint density at radius 1 is 1.57 bits per heavy atom. The molecule has 0 amide bonds. The Hall–Kier alpha value is -0.720. The summed E-state index contributed by atoms with van der Waals surface area (Å²) in [6, 6.07) is 3.73. The van der Waals surface area contributed by atoms with Crippen molar-refractivity contribution >= 4 is 44.6 Å². The van der Waals surface area contributed by atoms with Crippen LogP contribution in [-0.2, 0) is 0 Å². The highest BCUT2D eigenvalue weighted by molar-refractivity contribution is 9.11. The highest BCUT2D eigenvalue weighted by Crippen LogP contribution is 2.33. The fraction of sp³-hybridized carbons (Fsp3) is 0. The number of carboxylic acid groups (broad SMARTS) is 1. The largest absolute Gasteiger partial charge is 0.477 e. The minimum Gasteiger partial charge on any atom is -0.477 e. The van der Waals surface area contributed by atoms with Gasteiger partial charge in [0.05, 0.1) is 4.88 Å². The van der Waals surface area contributed by atoms with Crippen LogP contribution in [-0.4, -0.2) is 16.1 Å². The van der Waals surface area contributed by atoms with Crippen LogP contribution in [0.4, 0.5) is 0 Å². The summed E-state index contributed by atoms with van der Waals surface area (Å²) in [7, 11) is 0. The minimum atomic E-state index is -0.934. The Morgan fingerprint density at radius 2 is 2.36 bits per heavy atom. The molecule has 14 heavy (non-hydrogen) atoms. The molecule has 1 N–H and O–H groups in total. The van der Waals surface area contributed by atoms with Gasteiger partial charge in [0, 0.05) is 0 Å². The molecule has 0 spiro atoms. The van der Waals surface area contributed by atoms with E-state index in [0.29, 0.717) is 9.61 Å². The van der Waals surface area contributed by atoms with E-state index in [1.807, 2.05) is 17.5 Å². The molecule has 0 aliphatic rings. The monoisotopic (exact) mass is 289 g/mol. The predicted octanol–water partition coefficient (Wildman–Crippen LogP) is 3.33. The maximum absolute atomic E-state index is 10.9. The fourth-order valence-corrected chi connectivity index (χ4v) is 3.11. The number of nitrogens with zero attached hydrogens (tertiary/aromatic N) is 1. The summed E-state index contributed by atoms with van der Waals surface area (Å²) in [6.45, 7) is 0. The second-order valence-electron chi connectivity index (χ2n) is 2.43. The van der Waals surface area contributed by atoms with Crippen molar-refractivity contribution < 1.29 is 9.90 Å². The van der Waals surface area contributed by atoms with Gasteiger partial charge in [-0.3, -0.25) is 0 Å². The van der Waals surface area contributed by atoms with E-state index < -0.39 is 5.97 Å². The van der Waals surface area contributed by atoms with Crippen LogP contribution < -0.4 is 0 Å². The molecule has 0 fully saturated rings. The van der Waals surface area contributed by atoms with Gasteiger partial charge in [-0.25, -0.2) is 9.78 Å². The fourth-order valence-electron chi connectivity index (χ4n) is 1.02. The lowest BCUT2D eigenvalue weighted by Crippen LogP contribution is -1.94. The van der Waals surface area contributed by atoms with Crippen LogP contribution in [0, 0.1) is 0 Å². The highest BCUT2D eigenvalue weighted by Gasteiger charge is 2.18. The molecule has 0 bridgehead atoms. The summed E-state index contributed by atoms with van der Waals surface area (Å²) in [4.78, 5) is 16.2. The molecule has 2 heterocycles. The van der Waals surface area contributed by atoms with E-state index in [9.17, 15) is 4.79 Å². The molecular weight excluding hydrogens is 286 g/mol. The molecule has 0 aliphatic carbocycles. The molecule has 0 saturated carbocycles. The van der Waals surface area contributed by atoms with Crippen molar-refractivity contribution in [3.8, 4) is 10.6 Å². The quantitative estimate of drug-likeness (QED) is 0.923. The molecule has 0 atom stereocenters.